The van der Waals surface area contributed by atoms with Crippen LogP contribution in [0.25, 0.3) is 32.2 Å². The van der Waals surface area contributed by atoms with E-state index in [1.165, 1.54) is 0 Å². The van der Waals surface area contributed by atoms with Gasteiger partial charge in [-0.2, -0.15) is 4.98 Å². The second-order valence-corrected chi connectivity index (χ2v) is 11.5. The molecule has 2 aliphatic rings. The molecule has 10 heteroatoms. The molecule has 2 saturated heterocycles. The molecule has 1 amide bonds. The van der Waals surface area contributed by atoms with E-state index in [1.54, 1.807) is 35.1 Å². The van der Waals surface area contributed by atoms with Crippen molar-refractivity contribution in [3.8, 4) is 21.1 Å². The van der Waals surface area contributed by atoms with Gasteiger partial charge in [-0.15, -0.1) is 22.7 Å². The highest BCUT2D eigenvalue weighted by molar-refractivity contribution is 7.13. The van der Waals surface area contributed by atoms with Crippen LogP contribution < -0.4 is 4.90 Å². The molecule has 5 heterocycles. The van der Waals surface area contributed by atoms with Gasteiger partial charge in [-0.3, -0.25) is 4.90 Å². The molecular weight excluding hydrogens is 470 g/mol. The van der Waals surface area contributed by atoms with Crippen molar-refractivity contribution < 1.29 is 13.9 Å². The third-order valence-corrected chi connectivity index (χ3v) is 7.83. The second-order valence-electron chi connectivity index (χ2n) is 9.69. The Morgan fingerprint density at radius 3 is 2.24 bits per heavy atom. The van der Waals surface area contributed by atoms with Crippen molar-refractivity contribution in [3.05, 3.63) is 35.3 Å². The summed E-state index contributed by atoms with van der Waals surface area (Å²) >= 11 is 3.15. The number of ether oxygens (including phenoxy) is 1. The van der Waals surface area contributed by atoms with Crippen LogP contribution in [0.3, 0.4) is 0 Å². The van der Waals surface area contributed by atoms with Gasteiger partial charge in [0.05, 0.1) is 17.6 Å². The van der Waals surface area contributed by atoms with Crippen LogP contribution in [0.2, 0.25) is 0 Å². The summed E-state index contributed by atoms with van der Waals surface area (Å²) in [5.41, 5.74) is 2.89. The van der Waals surface area contributed by atoms with E-state index in [-0.39, 0.29) is 18.2 Å². The van der Waals surface area contributed by atoms with Gasteiger partial charge in [0, 0.05) is 41.8 Å². The maximum atomic E-state index is 12.8. The van der Waals surface area contributed by atoms with E-state index in [0.29, 0.717) is 19.1 Å². The van der Waals surface area contributed by atoms with Crippen LogP contribution in [0.15, 0.2) is 39.7 Å². The zero-order valence-electron chi connectivity index (χ0n) is 19.2. The molecule has 0 spiro atoms. The van der Waals surface area contributed by atoms with Gasteiger partial charge < -0.3 is 14.1 Å². The average molecular weight is 496 g/mol. The number of anilines is 1. The SMILES string of the molecule is CC(C)(C)OC(=O)N1C2CCC1CN(c1nc3c(-c4nccs4)ccc(-c4nccs4)c3o1)C2. The first kappa shape index (κ1) is 21.5. The largest absolute Gasteiger partial charge is 0.444 e. The molecule has 4 aromatic rings. The first-order valence-electron chi connectivity index (χ1n) is 11.4. The molecule has 1 aromatic carbocycles. The number of hydrogen-bond acceptors (Lipinski definition) is 9. The summed E-state index contributed by atoms with van der Waals surface area (Å²) in [6.07, 6.45) is 5.28. The van der Waals surface area contributed by atoms with Crippen molar-refractivity contribution in [3.63, 3.8) is 0 Å². The van der Waals surface area contributed by atoms with Crippen LogP contribution in [0.1, 0.15) is 33.6 Å². The molecule has 8 nitrogen and oxygen atoms in total. The van der Waals surface area contributed by atoms with E-state index < -0.39 is 5.60 Å². The Morgan fingerprint density at radius 1 is 1.03 bits per heavy atom. The zero-order chi connectivity index (χ0) is 23.4. The number of carbonyl (C=O) groups excluding carboxylic acids is 1. The number of fused-ring (bicyclic) bond motifs is 3. The predicted molar refractivity (Wildman–Crippen MR) is 133 cm³/mol. The average Bonchev–Trinajstić information content (AvgIpc) is 3.58. The molecule has 2 fully saturated rings. The van der Waals surface area contributed by atoms with E-state index in [2.05, 4.69) is 14.9 Å². The first-order valence-corrected chi connectivity index (χ1v) is 13.1. The van der Waals surface area contributed by atoms with Gasteiger partial charge in [0.1, 0.15) is 21.1 Å². The van der Waals surface area contributed by atoms with Crippen molar-refractivity contribution in [1.29, 1.82) is 0 Å². The summed E-state index contributed by atoms with van der Waals surface area (Å²) in [4.78, 5) is 30.9. The predicted octanol–water partition coefficient (Wildman–Crippen LogP) is 5.66. The van der Waals surface area contributed by atoms with Gasteiger partial charge in [0.2, 0.25) is 0 Å². The van der Waals surface area contributed by atoms with Crippen LogP contribution in [-0.2, 0) is 4.74 Å². The summed E-state index contributed by atoms with van der Waals surface area (Å²) in [6, 6.07) is 4.84. The number of aromatic nitrogens is 3. The lowest BCUT2D eigenvalue weighted by Crippen LogP contribution is -2.56. The quantitative estimate of drug-likeness (QED) is 0.362. The Labute approximate surface area is 205 Å². The summed E-state index contributed by atoms with van der Waals surface area (Å²) < 4.78 is 12.1. The topological polar surface area (TPSA) is 84.6 Å². The Kier molecular flexibility index (Phi) is 5.11. The molecule has 2 unspecified atom stereocenters. The molecule has 6 rings (SSSR count). The summed E-state index contributed by atoms with van der Waals surface area (Å²) in [6.45, 7) is 7.05. The van der Waals surface area contributed by atoms with Gasteiger partial charge in [0.15, 0.2) is 5.58 Å². The molecule has 3 aromatic heterocycles. The Morgan fingerprint density at radius 2 is 1.65 bits per heavy atom. The number of piperazine rings is 1. The summed E-state index contributed by atoms with van der Waals surface area (Å²) in [7, 11) is 0. The first-order chi connectivity index (χ1) is 16.4. The van der Waals surface area contributed by atoms with Crippen LogP contribution in [-0.4, -0.2) is 56.7 Å². The molecule has 2 bridgehead atoms. The monoisotopic (exact) mass is 495 g/mol. The molecular formula is C24H25N5O3S2. The third-order valence-electron chi connectivity index (χ3n) is 6.21. The minimum atomic E-state index is -0.508. The number of rotatable bonds is 3. The summed E-state index contributed by atoms with van der Waals surface area (Å²) in [5.74, 6) is 0. The minimum Gasteiger partial charge on any atom is -0.444 e. The number of thiazole rings is 2. The molecule has 176 valence electrons. The fourth-order valence-electron chi connectivity index (χ4n) is 4.86. The van der Waals surface area contributed by atoms with E-state index in [1.807, 2.05) is 48.6 Å². The Balaban J connectivity index is 1.36. The normalized spacial score (nSPS) is 20.3. The molecule has 0 radical (unpaired) electrons. The van der Waals surface area contributed by atoms with Crippen molar-refractivity contribution in [2.75, 3.05) is 18.0 Å². The summed E-state index contributed by atoms with van der Waals surface area (Å²) in [5, 5.41) is 5.73. The highest BCUT2D eigenvalue weighted by atomic mass is 32.1. The van der Waals surface area contributed by atoms with Gasteiger partial charge in [-0.1, -0.05) is 0 Å². The maximum absolute atomic E-state index is 12.8. The van der Waals surface area contributed by atoms with Crippen molar-refractivity contribution >= 4 is 45.9 Å². The lowest BCUT2D eigenvalue weighted by molar-refractivity contribution is 0.0120. The van der Waals surface area contributed by atoms with Crippen LogP contribution in [0.5, 0.6) is 0 Å². The molecule has 0 N–H and O–H groups in total. The molecule has 0 saturated carbocycles. The highest BCUT2D eigenvalue weighted by Gasteiger charge is 2.45. The van der Waals surface area contributed by atoms with Gasteiger partial charge in [-0.25, -0.2) is 14.8 Å². The lowest BCUT2D eigenvalue weighted by atomic mass is 10.1. The van der Waals surface area contributed by atoms with Crippen molar-refractivity contribution in [1.82, 2.24) is 19.9 Å². The van der Waals surface area contributed by atoms with E-state index in [9.17, 15) is 4.79 Å². The van der Waals surface area contributed by atoms with E-state index >= 15 is 0 Å². The van der Waals surface area contributed by atoms with E-state index in [0.717, 1.165) is 45.1 Å². The smallest absolute Gasteiger partial charge is 0.410 e. The maximum Gasteiger partial charge on any atom is 0.410 e. The van der Waals surface area contributed by atoms with Crippen molar-refractivity contribution in [2.45, 2.75) is 51.3 Å². The second kappa shape index (κ2) is 8.06. The van der Waals surface area contributed by atoms with Gasteiger partial charge in [-0.05, 0) is 45.7 Å². The van der Waals surface area contributed by atoms with Crippen molar-refractivity contribution in [2.24, 2.45) is 0 Å². The standard InChI is InChI=1S/C24H25N5O3S2/c1-24(2,3)32-23(30)29-14-4-5-15(29)13-28(12-14)22-27-18-16(20-25-8-10-33-20)6-7-17(19(18)31-22)21-26-9-11-34-21/h6-11,14-15H,4-5,12-13H2,1-3H3. The number of amides is 1. The number of oxazole rings is 1. The number of nitrogens with zero attached hydrogens (tertiary/aromatic N) is 5. The number of hydrogen-bond donors (Lipinski definition) is 0. The van der Waals surface area contributed by atoms with Crippen LogP contribution in [0.4, 0.5) is 10.8 Å². The van der Waals surface area contributed by atoms with E-state index in [4.69, 9.17) is 14.1 Å². The highest BCUT2D eigenvalue weighted by Crippen LogP contribution is 2.40. The molecule has 2 aliphatic heterocycles. The lowest BCUT2D eigenvalue weighted by Gasteiger charge is -2.40. The number of carbonyl (C=O) groups is 1. The van der Waals surface area contributed by atoms with Gasteiger partial charge in [0.25, 0.3) is 6.01 Å². The minimum absolute atomic E-state index is 0.0838. The Hall–Kier alpha value is -2.98. The molecule has 34 heavy (non-hydrogen) atoms. The van der Waals surface area contributed by atoms with Gasteiger partial charge >= 0.3 is 6.09 Å². The third kappa shape index (κ3) is 3.74. The van der Waals surface area contributed by atoms with Crippen LogP contribution >= 0.6 is 22.7 Å². The molecule has 0 aliphatic carbocycles. The fourth-order valence-corrected chi connectivity index (χ4v) is 6.18. The zero-order valence-corrected chi connectivity index (χ0v) is 20.9. The van der Waals surface area contributed by atoms with Crippen LogP contribution in [0, 0.1) is 0 Å². The number of benzene rings is 1. The molecule has 2 atom stereocenters. The Bertz CT molecular complexity index is 1240. The fraction of sp³-hybridized carbons (Fsp3) is 0.417.